The van der Waals surface area contributed by atoms with Crippen molar-refractivity contribution in [3.05, 3.63) is 18.2 Å². The number of benzene rings is 1. The zero-order chi connectivity index (χ0) is 14.3. The Labute approximate surface area is 113 Å². The first-order valence-corrected chi connectivity index (χ1v) is 7.72. The molecule has 19 heavy (non-hydrogen) atoms. The molecule has 0 unspecified atom stereocenters. The smallest absolute Gasteiger partial charge is 0.241 e. The summed E-state index contributed by atoms with van der Waals surface area (Å²) in [5.41, 5.74) is -0.361. The van der Waals surface area contributed by atoms with E-state index in [-0.39, 0.29) is 22.4 Å². The molecule has 2 N–H and O–H groups in total. The molecule has 0 spiro atoms. The zero-order valence-corrected chi connectivity index (χ0v) is 12.2. The third-order valence-corrected chi connectivity index (χ3v) is 3.41. The van der Waals surface area contributed by atoms with Gasteiger partial charge >= 0.3 is 0 Å². The van der Waals surface area contributed by atoms with Crippen LogP contribution in [0.1, 0.15) is 33.6 Å². The Kier molecular flexibility index (Phi) is 3.49. The van der Waals surface area contributed by atoms with Crippen molar-refractivity contribution < 1.29 is 17.9 Å². The van der Waals surface area contributed by atoms with Crippen molar-refractivity contribution >= 4 is 10.0 Å². The summed E-state index contributed by atoms with van der Waals surface area (Å²) < 4.78 is 34.3. The molecule has 0 bridgehead atoms. The lowest BCUT2D eigenvalue weighted by Crippen LogP contribution is -2.23. The van der Waals surface area contributed by atoms with Crippen molar-refractivity contribution in [2.75, 3.05) is 0 Å². The van der Waals surface area contributed by atoms with Gasteiger partial charge in [0.05, 0.1) is 6.10 Å². The van der Waals surface area contributed by atoms with Crippen LogP contribution in [0.25, 0.3) is 0 Å². The molecule has 1 aromatic carbocycles. The molecule has 0 aromatic heterocycles. The molecule has 0 saturated heterocycles. The predicted molar refractivity (Wildman–Crippen MR) is 71.8 cm³/mol. The first-order valence-electron chi connectivity index (χ1n) is 6.18. The maximum atomic E-state index is 11.5. The summed E-state index contributed by atoms with van der Waals surface area (Å²) in [6.45, 7) is 5.76. The molecule has 6 heteroatoms. The Morgan fingerprint density at radius 3 is 2.37 bits per heavy atom. The first kappa shape index (κ1) is 14.1. The second-order valence-corrected chi connectivity index (χ2v) is 7.22. The van der Waals surface area contributed by atoms with Crippen LogP contribution < -0.4 is 14.6 Å². The van der Waals surface area contributed by atoms with E-state index in [1.807, 2.05) is 20.8 Å². The van der Waals surface area contributed by atoms with Gasteiger partial charge in [-0.3, -0.25) is 0 Å². The van der Waals surface area contributed by atoms with Crippen molar-refractivity contribution in [3.8, 4) is 11.5 Å². The second-order valence-electron chi connectivity index (χ2n) is 5.69. The van der Waals surface area contributed by atoms with Crippen molar-refractivity contribution in [2.45, 2.75) is 50.2 Å². The average molecular weight is 285 g/mol. The van der Waals surface area contributed by atoms with Crippen LogP contribution in [-0.4, -0.2) is 20.1 Å². The molecule has 2 rings (SSSR count). The zero-order valence-electron chi connectivity index (χ0n) is 11.3. The highest BCUT2D eigenvalue weighted by Crippen LogP contribution is 2.34. The maximum absolute atomic E-state index is 11.5. The van der Waals surface area contributed by atoms with Gasteiger partial charge in [-0.25, -0.2) is 13.6 Å². The molecule has 0 heterocycles. The topological polar surface area (TPSA) is 78.6 Å². The van der Waals surface area contributed by atoms with Crippen LogP contribution in [-0.2, 0) is 10.0 Å². The fraction of sp³-hybridized carbons (Fsp3) is 0.538. The number of sulfonamides is 1. The molecular weight excluding hydrogens is 266 g/mol. The van der Waals surface area contributed by atoms with Gasteiger partial charge in [-0.2, -0.15) is 0 Å². The van der Waals surface area contributed by atoms with E-state index in [1.165, 1.54) is 6.07 Å². The summed E-state index contributed by atoms with van der Waals surface area (Å²) >= 11 is 0. The molecular formula is C13H19NO4S. The van der Waals surface area contributed by atoms with Crippen molar-refractivity contribution in [1.82, 2.24) is 0 Å². The van der Waals surface area contributed by atoms with Crippen LogP contribution in [0, 0.1) is 0 Å². The molecule has 0 amide bonds. The number of nitrogens with two attached hydrogens (primary N) is 1. The fourth-order valence-electron chi connectivity index (χ4n) is 1.60. The number of hydrogen-bond acceptors (Lipinski definition) is 4. The van der Waals surface area contributed by atoms with Crippen LogP contribution >= 0.6 is 0 Å². The number of rotatable bonds is 4. The molecule has 5 nitrogen and oxygen atoms in total. The van der Waals surface area contributed by atoms with Gasteiger partial charge in [0.25, 0.3) is 0 Å². The summed E-state index contributed by atoms with van der Waals surface area (Å²) in [7, 11) is -3.79. The lowest BCUT2D eigenvalue weighted by Gasteiger charge is -2.22. The van der Waals surface area contributed by atoms with Crippen LogP contribution in [0.2, 0.25) is 0 Å². The standard InChI is InChI=1S/C13H19NO4S/c1-13(2,3)18-10-6-7-12(19(14,15)16)11(8-10)17-9-4-5-9/h6-9H,4-5H2,1-3H3,(H2,14,15,16). The Hall–Kier alpha value is -1.27. The highest BCUT2D eigenvalue weighted by Gasteiger charge is 2.27. The Morgan fingerprint density at radius 2 is 1.89 bits per heavy atom. The largest absolute Gasteiger partial charge is 0.489 e. The van der Waals surface area contributed by atoms with Gasteiger partial charge in [0.2, 0.25) is 10.0 Å². The van der Waals surface area contributed by atoms with E-state index < -0.39 is 10.0 Å². The van der Waals surface area contributed by atoms with Crippen LogP contribution in [0.5, 0.6) is 11.5 Å². The predicted octanol–water partition coefficient (Wildman–Crippen LogP) is 2.05. The quantitative estimate of drug-likeness (QED) is 0.918. The summed E-state index contributed by atoms with van der Waals surface area (Å²) in [5, 5.41) is 5.18. The number of hydrogen-bond donors (Lipinski definition) is 1. The Bertz CT molecular complexity index is 571. The first-order chi connectivity index (χ1) is 8.65. The van der Waals surface area contributed by atoms with Crippen molar-refractivity contribution in [3.63, 3.8) is 0 Å². The van der Waals surface area contributed by atoms with E-state index in [0.29, 0.717) is 5.75 Å². The minimum atomic E-state index is -3.79. The monoisotopic (exact) mass is 285 g/mol. The van der Waals surface area contributed by atoms with E-state index in [2.05, 4.69) is 0 Å². The molecule has 1 saturated carbocycles. The minimum Gasteiger partial charge on any atom is -0.489 e. The van der Waals surface area contributed by atoms with Gasteiger partial charge in [-0.1, -0.05) is 0 Å². The number of primary sulfonamides is 1. The minimum absolute atomic E-state index is 0.000610. The Balaban J connectivity index is 2.35. The third kappa shape index (κ3) is 4.11. The molecule has 1 fully saturated rings. The summed E-state index contributed by atoms with van der Waals surface area (Å²) in [4.78, 5) is 0.000610. The van der Waals surface area contributed by atoms with E-state index >= 15 is 0 Å². The van der Waals surface area contributed by atoms with Gasteiger partial charge < -0.3 is 9.47 Å². The lowest BCUT2D eigenvalue weighted by atomic mass is 10.2. The fourth-order valence-corrected chi connectivity index (χ4v) is 2.24. The molecule has 1 aromatic rings. The lowest BCUT2D eigenvalue weighted by molar-refractivity contribution is 0.130. The van der Waals surface area contributed by atoms with E-state index in [0.717, 1.165) is 12.8 Å². The molecule has 0 aliphatic heterocycles. The third-order valence-electron chi connectivity index (χ3n) is 2.46. The Morgan fingerprint density at radius 1 is 1.26 bits per heavy atom. The van der Waals surface area contributed by atoms with Gasteiger partial charge in [0.15, 0.2) is 0 Å². The molecule has 1 aliphatic rings. The summed E-state index contributed by atoms with van der Waals surface area (Å²) in [6.07, 6.45) is 1.97. The van der Waals surface area contributed by atoms with Gasteiger partial charge in [0, 0.05) is 6.07 Å². The molecule has 0 radical (unpaired) electrons. The van der Waals surface area contributed by atoms with Crippen LogP contribution in [0.15, 0.2) is 23.1 Å². The van der Waals surface area contributed by atoms with E-state index in [9.17, 15) is 8.42 Å². The van der Waals surface area contributed by atoms with Crippen LogP contribution in [0.3, 0.4) is 0 Å². The van der Waals surface area contributed by atoms with Gasteiger partial charge in [0.1, 0.15) is 22.0 Å². The van der Waals surface area contributed by atoms with E-state index in [4.69, 9.17) is 14.6 Å². The average Bonchev–Trinajstić information content (AvgIpc) is 2.97. The van der Waals surface area contributed by atoms with Crippen molar-refractivity contribution in [1.29, 1.82) is 0 Å². The van der Waals surface area contributed by atoms with Gasteiger partial charge in [-0.05, 0) is 45.7 Å². The summed E-state index contributed by atoms with van der Waals surface area (Å²) in [6, 6.07) is 4.60. The molecule has 0 atom stereocenters. The molecule has 106 valence electrons. The highest BCUT2D eigenvalue weighted by atomic mass is 32.2. The SMILES string of the molecule is CC(C)(C)Oc1ccc(S(N)(=O)=O)c(OC2CC2)c1. The van der Waals surface area contributed by atoms with E-state index in [1.54, 1.807) is 12.1 Å². The highest BCUT2D eigenvalue weighted by molar-refractivity contribution is 7.89. The maximum Gasteiger partial charge on any atom is 0.241 e. The normalized spacial score (nSPS) is 16.2. The molecule has 1 aliphatic carbocycles. The van der Waals surface area contributed by atoms with Gasteiger partial charge in [-0.15, -0.1) is 0 Å². The number of ether oxygens (including phenoxy) is 2. The second kappa shape index (κ2) is 4.68. The van der Waals surface area contributed by atoms with Crippen molar-refractivity contribution in [2.24, 2.45) is 5.14 Å². The van der Waals surface area contributed by atoms with Crippen LogP contribution in [0.4, 0.5) is 0 Å². The summed E-state index contributed by atoms with van der Waals surface area (Å²) in [5.74, 6) is 0.835.